The Kier molecular flexibility index (Phi) is 3.33. The maximum Gasteiger partial charge on any atom is 0.131 e. The van der Waals surface area contributed by atoms with Gasteiger partial charge in [-0.15, -0.1) is 0 Å². The number of H-pyrrole nitrogens is 2. The smallest absolute Gasteiger partial charge is 0.131 e. The zero-order valence-electron chi connectivity index (χ0n) is 10.2. The average molecular weight is 254 g/mol. The second-order valence-corrected chi connectivity index (χ2v) is 4.08. The van der Waals surface area contributed by atoms with Crippen LogP contribution >= 0.6 is 0 Å². The van der Waals surface area contributed by atoms with E-state index in [0.717, 1.165) is 17.3 Å². The molecular formula is C13H14N6. The van der Waals surface area contributed by atoms with E-state index in [9.17, 15) is 0 Å². The molecule has 19 heavy (non-hydrogen) atoms. The Morgan fingerprint density at radius 1 is 0.947 bits per heavy atom. The van der Waals surface area contributed by atoms with Crippen molar-refractivity contribution in [3.63, 3.8) is 0 Å². The highest BCUT2D eigenvalue weighted by Crippen LogP contribution is 2.15. The van der Waals surface area contributed by atoms with E-state index in [1.807, 2.05) is 18.2 Å². The fraction of sp³-hybridized carbons (Fsp3) is 0.154. The van der Waals surface area contributed by atoms with Gasteiger partial charge in [-0.25, -0.2) is 9.97 Å². The zero-order chi connectivity index (χ0) is 12.9. The summed E-state index contributed by atoms with van der Waals surface area (Å²) in [6, 6.07) is 5.75. The minimum atomic E-state index is -0.105. The minimum Gasteiger partial charge on any atom is -0.347 e. The Morgan fingerprint density at radius 2 is 1.68 bits per heavy atom. The second kappa shape index (κ2) is 5.45. The van der Waals surface area contributed by atoms with Crippen LogP contribution in [-0.4, -0.2) is 24.9 Å². The monoisotopic (exact) mass is 254 g/mol. The van der Waals surface area contributed by atoms with Crippen molar-refractivity contribution in [3.05, 3.63) is 66.5 Å². The number of nitrogens with one attached hydrogen (secondary N) is 3. The number of rotatable bonds is 5. The zero-order valence-corrected chi connectivity index (χ0v) is 10.2. The summed E-state index contributed by atoms with van der Waals surface area (Å²) in [6.45, 7) is 0.646. The van der Waals surface area contributed by atoms with Gasteiger partial charge in [0, 0.05) is 37.5 Å². The fourth-order valence-electron chi connectivity index (χ4n) is 1.90. The van der Waals surface area contributed by atoms with Crippen molar-refractivity contribution >= 4 is 0 Å². The quantitative estimate of drug-likeness (QED) is 0.643. The molecule has 0 aromatic carbocycles. The molecule has 0 saturated carbocycles. The molecule has 0 aliphatic rings. The lowest BCUT2D eigenvalue weighted by molar-refractivity contribution is 0.552. The number of pyridine rings is 1. The summed E-state index contributed by atoms with van der Waals surface area (Å²) in [4.78, 5) is 19.1. The first-order valence-electron chi connectivity index (χ1n) is 6.05. The fourth-order valence-corrected chi connectivity index (χ4v) is 1.90. The van der Waals surface area contributed by atoms with Gasteiger partial charge in [0.15, 0.2) is 0 Å². The van der Waals surface area contributed by atoms with E-state index in [2.05, 4.69) is 30.2 Å². The van der Waals surface area contributed by atoms with Crippen LogP contribution in [0, 0.1) is 0 Å². The summed E-state index contributed by atoms with van der Waals surface area (Å²) < 4.78 is 0. The second-order valence-electron chi connectivity index (χ2n) is 4.08. The van der Waals surface area contributed by atoms with E-state index >= 15 is 0 Å². The van der Waals surface area contributed by atoms with E-state index in [4.69, 9.17) is 0 Å². The highest BCUT2D eigenvalue weighted by atomic mass is 15.1. The Morgan fingerprint density at radius 3 is 2.21 bits per heavy atom. The molecule has 0 saturated heterocycles. The molecule has 3 heterocycles. The number of nitrogens with zero attached hydrogens (tertiary/aromatic N) is 3. The largest absolute Gasteiger partial charge is 0.347 e. The number of hydrogen-bond acceptors (Lipinski definition) is 4. The van der Waals surface area contributed by atoms with Crippen LogP contribution in [0.15, 0.2) is 49.2 Å². The van der Waals surface area contributed by atoms with Crippen LogP contribution in [0.4, 0.5) is 0 Å². The Balaban J connectivity index is 1.77. The number of imidazole rings is 2. The predicted molar refractivity (Wildman–Crippen MR) is 70.1 cm³/mol. The lowest BCUT2D eigenvalue weighted by Gasteiger charge is -2.14. The summed E-state index contributed by atoms with van der Waals surface area (Å²) in [7, 11) is 0. The van der Waals surface area contributed by atoms with Gasteiger partial charge in [0.05, 0.1) is 5.69 Å². The highest BCUT2D eigenvalue weighted by Gasteiger charge is 2.18. The first-order valence-corrected chi connectivity index (χ1v) is 6.05. The molecule has 0 radical (unpaired) electrons. The van der Waals surface area contributed by atoms with Crippen molar-refractivity contribution < 1.29 is 0 Å². The lowest BCUT2D eigenvalue weighted by Crippen LogP contribution is -2.24. The van der Waals surface area contributed by atoms with Crippen molar-refractivity contribution in [1.82, 2.24) is 30.2 Å². The van der Waals surface area contributed by atoms with E-state index in [1.165, 1.54) is 0 Å². The van der Waals surface area contributed by atoms with E-state index in [1.54, 1.807) is 31.0 Å². The molecule has 0 unspecified atom stereocenters. The standard InChI is InChI=1S/C13H14N6/c1-2-4-14-10(3-1)9-19-11(12-15-5-6-16-12)13-17-7-8-18-13/h1-8,11,19H,9H2,(H,15,16)(H,17,18). The summed E-state index contributed by atoms with van der Waals surface area (Å²) in [5.74, 6) is 1.65. The maximum atomic E-state index is 4.29. The molecule has 3 aromatic rings. The van der Waals surface area contributed by atoms with Crippen molar-refractivity contribution in [3.8, 4) is 0 Å². The molecule has 0 fully saturated rings. The van der Waals surface area contributed by atoms with Crippen LogP contribution < -0.4 is 5.32 Å². The third kappa shape index (κ3) is 2.69. The number of aromatic nitrogens is 5. The normalized spacial score (nSPS) is 11.0. The van der Waals surface area contributed by atoms with Crippen LogP contribution in [0.2, 0.25) is 0 Å². The first kappa shape index (κ1) is 11.6. The van der Waals surface area contributed by atoms with E-state index in [-0.39, 0.29) is 6.04 Å². The van der Waals surface area contributed by atoms with Gasteiger partial charge in [-0.1, -0.05) is 6.07 Å². The predicted octanol–water partition coefficient (Wildman–Crippen LogP) is 1.41. The summed E-state index contributed by atoms with van der Waals surface area (Å²) in [5.41, 5.74) is 0.977. The Labute approximate surface area is 110 Å². The average Bonchev–Trinajstić information content (AvgIpc) is 3.13. The van der Waals surface area contributed by atoms with E-state index < -0.39 is 0 Å². The molecule has 0 aliphatic heterocycles. The van der Waals surface area contributed by atoms with Crippen molar-refractivity contribution in [2.24, 2.45) is 0 Å². The summed E-state index contributed by atoms with van der Waals surface area (Å²) in [5, 5.41) is 3.39. The van der Waals surface area contributed by atoms with Crippen LogP contribution in [0.1, 0.15) is 23.4 Å². The number of hydrogen-bond donors (Lipinski definition) is 3. The van der Waals surface area contributed by atoms with Gasteiger partial charge in [-0.2, -0.15) is 0 Å². The molecule has 96 valence electrons. The molecule has 3 aromatic heterocycles. The van der Waals surface area contributed by atoms with Gasteiger partial charge in [0.25, 0.3) is 0 Å². The van der Waals surface area contributed by atoms with Gasteiger partial charge >= 0.3 is 0 Å². The molecule has 3 rings (SSSR count). The van der Waals surface area contributed by atoms with Gasteiger partial charge < -0.3 is 9.97 Å². The molecular weight excluding hydrogens is 240 g/mol. The molecule has 6 heteroatoms. The van der Waals surface area contributed by atoms with Crippen LogP contribution in [0.5, 0.6) is 0 Å². The Bertz CT molecular complexity index is 553. The molecule has 0 aliphatic carbocycles. The summed E-state index contributed by atoms with van der Waals surface area (Å²) in [6.07, 6.45) is 8.84. The number of aromatic amines is 2. The van der Waals surface area contributed by atoms with Crippen LogP contribution in [-0.2, 0) is 6.54 Å². The molecule has 0 atom stereocenters. The molecule has 0 bridgehead atoms. The van der Waals surface area contributed by atoms with Gasteiger partial charge in [-0.3, -0.25) is 10.3 Å². The lowest BCUT2D eigenvalue weighted by atomic mass is 10.2. The Hall–Kier alpha value is -2.47. The minimum absolute atomic E-state index is 0.105. The summed E-state index contributed by atoms with van der Waals surface area (Å²) >= 11 is 0. The highest BCUT2D eigenvalue weighted by molar-refractivity contribution is 5.11. The van der Waals surface area contributed by atoms with Gasteiger partial charge in [0.2, 0.25) is 0 Å². The van der Waals surface area contributed by atoms with Gasteiger partial charge in [0.1, 0.15) is 17.7 Å². The van der Waals surface area contributed by atoms with Crippen molar-refractivity contribution in [2.75, 3.05) is 0 Å². The first-order chi connectivity index (χ1) is 9.43. The van der Waals surface area contributed by atoms with Gasteiger partial charge in [-0.05, 0) is 12.1 Å². The molecule has 3 N–H and O–H groups in total. The molecule has 0 spiro atoms. The molecule has 0 amide bonds. The van der Waals surface area contributed by atoms with Crippen LogP contribution in [0.25, 0.3) is 0 Å². The SMILES string of the molecule is c1ccc(CNC(c2ncc[nH]2)c2ncc[nH]2)nc1. The third-order valence-electron chi connectivity index (χ3n) is 2.80. The van der Waals surface area contributed by atoms with Crippen molar-refractivity contribution in [1.29, 1.82) is 0 Å². The van der Waals surface area contributed by atoms with Crippen molar-refractivity contribution in [2.45, 2.75) is 12.6 Å². The van der Waals surface area contributed by atoms with Crippen LogP contribution in [0.3, 0.4) is 0 Å². The topological polar surface area (TPSA) is 82.3 Å². The maximum absolute atomic E-state index is 4.29. The van der Waals surface area contributed by atoms with E-state index in [0.29, 0.717) is 6.54 Å². The third-order valence-corrected chi connectivity index (χ3v) is 2.80. The molecule has 6 nitrogen and oxygen atoms in total.